The lowest BCUT2D eigenvalue weighted by Gasteiger charge is -2.38. The van der Waals surface area contributed by atoms with Crippen LogP contribution < -0.4 is 5.73 Å². The zero-order valence-electron chi connectivity index (χ0n) is 10.5. The molecule has 1 saturated heterocycles. The van der Waals surface area contributed by atoms with Crippen molar-refractivity contribution in [1.29, 1.82) is 0 Å². The van der Waals surface area contributed by atoms with E-state index in [0.717, 1.165) is 6.54 Å². The van der Waals surface area contributed by atoms with E-state index in [1.165, 1.54) is 28.0 Å². The summed E-state index contributed by atoms with van der Waals surface area (Å²) < 4.78 is 1.22. The summed E-state index contributed by atoms with van der Waals surface area (Å²) in [5.74, 6) is 0.662. The molecule has 2 N–H and O–H groups in total. The Hall–Kier alpha value is 0.1000. The summed E-state index contributed by atoms with van der Waals surface area (Å²) in [7, 11) is 0. The molecule has 2 heterocycles. The van der Waals surface area contributed by atoms with Crippen LogP contribution in [0.2, 0.25) is 0 Å². The van der Waals surface area contributed by atoms with Crippen LogP contribution in [0.25, 0.3) is 0 Å². The molecule has 2 rings (SSSR count). The fraction of sp³-hybridized carbons (Fsp3) is 0.692. The summed E-state index contributed by atoms with van der Waals surface area (Å²) in [5.41, 5.74) is 6.04. The van der Waals surface area contributed by atoms with Gasteiger partial charge in [0, 0.05) is 23.5 Å². The van der Waals surface area contributed by atoms with Crippen molar-refractivity contribution in [3.05, 3.63) is 20.8 Å². The molecule has 1 aromatic heterocycles. The molecule has 2 nitrogen and oxygen atoms in total. The molecule has 1 fully saturated rings. The molecule has 3 atom stereocenters. The lowest BCUT2D eigenvalue weighted by molar-refractivity contribution is 0.123. The topological polar surface area (TPSA) is 29.3 Å². The number of nitrogens with zero attached hydrogens (tertiary/aromatic N) is 1. The van der Waals surface area contributed by atoms with Gasteiger partial charge in [-0.2, -0.15) is 0 Å². The fourth-order valence-electron chi connectivity index (χ4n) is 2.55. The Kier molecular flexibility index (Phi) is 4.64. The predicted molar refractivity (Wildman–Crippen MR) is 78.4 cm³/mol. The van der Waals surface area contributed by atoms with E-state index in [4.69, 9.17) is 5.73 Å². The first kappa shape index (κ1) is 13.5. The van der Waals surface area contributed by atoms with Crippen molar-refractivity contribution in [2.45, 2.75) is 38.8 Å². The van der Waals surface area contributed by atoms with Crippen molar-refractivity contribution in [2.75, 3.05) is 13.1 Å². The average molecular weight is 317 g/mol. The molecular formula is C13H21BrN2S. The van der Waals surface area contributed by atoms with Gasteiger partial charge in [-0.15, -0.1) is 11.3 Å². The van der Waals surface area contributed by atoms with Crippen LogP contribution in [0, 0.1) is 5.92 Å². The lowest BCUT2D eigenvalue weighted by Crippen LogP contribution is -2.43. The fourth-order valence-corrected chi connectivity index (χ4v) is 4.06. The zero-order valence-corrected chi connectivity index (χ0v) is 12.9. The summed E-state index contributed by atoms with van der Waals surface area (Å²) in [6.45, 7) is 6.80. The zero-order chi connectivity index (χ0) is 12.4. The first-order valence-corrected chi connectivity index (χ1v) is 7.93. The first-order chi connectivity index (χ1) is 8.08. The van der Waals surface area contributed by atoms with E-state index < -0.39 is 0 Å². The third kappa shape index (κ3) is 3.31. The van der Waals surface area contributed by atoms with E-state index in [1.807, 2.05) is 11.3 Å². The molecule has 1 aromatic rings. The maximum atomic E-state index is 6.04. The molecule has 0 aliphatic carbocycles. The van der Waals surface area contributed by atoms with Crippen molar-refractivity contribution in [3.8, 4) is 0 Å². The minimum absolute atomic E-state index is 0.320. The van der Waals surface area contributed by atoms with Gasteiger partial charge in [0.05, 0.1) is 3.79 Å². The molecule has 1 aliphatic rings. The van der Waals surface area contributed by atoms with Crippen LogP contribution in [0.5, 0.6) is 0 Å². The van der Waals surface area contributed by atoms with E-state index in [-0.39, 0.29) is 0 Å². The Balaban J connectivity index is 2.02. The Bertz CT molecular complexity index is 364. The van der Waals surface area contributed by atoms with E-state index in [2.05, 4.69) is 46.8 Å². The van der Waals surface area contributed by atoms with Gasteiger partial charge in [0.1, 0.15) is 0 Å². The van der Waals surface area contributed by atoms with Crippen LogP contribution in [0.4, 0.5) is 0 Å². The maximum absolute atomic E-state index is 6.04. The minimum Gasteiger partial charge on any atom is -0.328 e. The highest BCUT2D eigenvalue weighted by molar-refractivity contribution is 9.11. The highest BCUT2D eigenvalue weighted by atomic mass is 79.9. The molecule has 4 heteroatoms. The number of hydrogen-bond acceptors (Lipinski definition) is 3. The van der Waals surface area contributed by atoms with Crippen molar-refractivity contribution in [1.82, 2.24) is 4.90 Å². The number of nitrogens with two attached hydrogens (primary N) is 1. The molecule has 1 aliphatic heterocycles. The van der Waals surface area contributed by atoms with Crippen molar-refractivity contribution >= 4 is 27.3 Å². The summed E-state index contributed by atoms with van der Waals surface area (Å²) in [6, 6.07) is 5.21. The van der Waals surface area contributed by atoms with Gasteiger partial charge in [0.15, 0.2) is 0 Å². The van der Waals surface area contributed by atoms with E-state index in [0.29, 0.717) is 18.0 Å². The van der Waals surface area contributed by atoms with Gasteiger partial charge in [-0.05, 0) is 67.2 Å². The molecule has 0 aromatic carbocycles. The largest absolute Gasteiger partial charge is 0.328 e. The first-order valence-electron chi connectivity index (χ1n) is 6.33. The Morgan fingerprint density at radius 3 is 2.82 bits per heavy atom. The smallest absolute Gasteiger partial charge is 0.0701 e. The number of rotatable bonds is 3. The standard InChI is InChI=1S/C13H21BrN2S/c1-9(15)11-4-3-7-16(8-11)10(2)12-5-6-13(14)17-12/h5-6,9-11H,3-4,7-8,15H2,1-2H3. The molecule has 17 heavy (non-hydrogen) atoms. The minimum atomic E-state index is 0.320. The number of hydrogen-bond donors (Lipinski definition) is 1. The lowest BCUT2D eigenvalue weighted by atomic mass is 9.91. The van der Waals surface area contributed by atoms with Crippen LogP contribution in [0.15, 0.2) is 15.9 Å². The normalized spacial score (nSPS) is 25.8. The van der Waals surface area contributed by atoms with Crippen LogP contribution >= 0.6 is 27.3 Å². The molecule has 96 valence electrons. The summed E-state index contributed by atoms with van der Waals surface area (Å²) in [5, 5.41) is 0. The Morgan fingerprint density at radius 1 is 1.47 bits per heavy atom. The third-order valence-electron chi connectivity index (χ3n) is 3.79. The third-order valence-corrected chi connectivity index (χ3v) is 5.58. The van der Waals surface area contributed by atoms with Crippen LogP contribution in [0.3, 0.4) is 0 Å². The van der Waals surface area contributed by atoms with Gasteiger partial charge < -0.3 is 5.73 Å². The van der Waals surface area contributed by atoms with Gasteiger partial charge in [0.2, 0.25) is 0 Å². The Morgan fingerprint density at radius 2 is 2.24 bits per heavy atom. The second-order valence-corrected chi connectivity index (χ2v) is 7.57. The number of piperidine rings is 1. The number of thiophene rings is 1. The van der Waals surface area contributed by atoms with Gasteiger partial charge >= 0.3 is 0 Å². The van der Waals surface area contributed by atoms with Gasteiger partial charge in [-0.3, -0.25) is 4.90 Å². The summed E-state index contributed by atoms with van der Waals surface area (Å²) in [4.78, 5) is 4.03. The van der Waals surface area contributed by atoms with Gasteiger partial charge in [0.25, 0.3) is 0 Å². The predicted octanol–water partition coefficient (Wildman–Crippen LogP) is 3.63. The van der Waals surface area contributed by atoms with Crippen molar-refractivity contribution < 1.29 is 0 Å². The quantitative estimate of drug-likeness (QED) is 0.922. The number of halogens is 1. The van der Waals surface area contributed by atoms with Crippen molar-refractivity contribution in [2.24, 2.45) is 11.7 Å². The van der Waals surface area contributed by atoms with Crippen LogP contribution in [-0.2, 0) is 0 Å². The van der Waals surface area contributed by atoms with Gasteiger partial charge in [-0.1, -0.05) is 0 Å². The second kappa shape index (κ2) is 5.83. The second-order valence-electron chi connectivity index (χ2n) is 5.07. The van der Waals surface area contributed by atoms with E-state index >= 15 is 0 Å². The molecule has 3 unspecified atom stereocenters. The van der Waals surface area contributed by atoms with Crippen molar-refractivity contribution in [3.63, 3.8) is 0 Å². The van der Waals surface area contributed by atoms with Gasteiger partial charge in [-0.25, -0.2) is 0 Å². The van der Waals surface area contributed by atoms with E-state index in [1.54, 1.807) is 0 Å². The molecule has 0 amide bonds. The summed E-state index contributed by atoms with van der Waals surface area (Å²) >= 11 is 5.38. The molecule has 0 radical (unpaired) electrons. The monoisotopic (exact) mass is 316 g/mol. The van der Waals surface area contributed by atoms with E-state index in [9.17, 15) is 0 Å². The molecule has 0 bridgehead atoms. The SMILES string of the molecule is CC(N)C1CCCN(C(C)c2ccc(Br)s2)C1. The summed E-state index contributed by atoms with van der Waals surface area (Å²) in [6.07, 6.45) is 2.57. The highest BCUT2D eigenvalue weighted by Gasteiger charge is 2.26. The maximum Gasteiger partial charge on any atom is 0.0701 e. The van der Waals surface area contributed by atoms with Crippen LogP contribution in [0.1, 0.15) is 37.6 Å². The molecule has 0 spiro atoms. The Labute approximate surface area is 116 Å². The highest BCUT2D eigenvalue weighted by Crippen LogP contribution is 2.33. The molecular weight excluding hydrogens is 296 g/mol. The van der Waals surface area contributed by atoms with Crippen LogP contribution in [-0.4, -0.2) is 24.0 Å². The number of likely N-dealkylation sites (tertiary alicyclic amines) is 1. The molecule has 0 saturated carbocycles. The average Bonchev–Trinajstić information content (AvgIpc) is 2.75.